The lowest BCUT2D eigenvalue weighted by molar-refractivity contribution is 0.795. The highest BCUT2D eigenvalue weighted by Gasteiger charge is 2.13. The lowest BCUT2D eigenvalue weighted by Gasteiger charge is -2.12. The van der Waals surface area contributed by atoms with Gasteiger partial charge in [0.25, 0.3) is 0 Å². The number of fused-ring (bicyclic) bond motifs is 1. The van der Waals surface area contributed by atoms with Gasteiger partial charge in [0.15, 0.2) is 11.6 Å². The van der Waals surface area contributed by atoms with Crippen LogP contribution in [-0.2, 0) is 6.42 Å². The van der Waals surface area contributed by atoms with Gasteiger partial charge < -0.3 is 11.1 Å². The molecule has 0 aliphatic rings. The zero-order valence-corrected chi connectivity index (χ0v) is 15.3. The van der Waals surface area contributed by atoms with Crippen LogP contribution in [-0.4, -0.2) is 19.5 Å². The van der Waals surface area contributed by atoms with Gasteiger partial charge in [-0.3, -0.25) is 4.57 Å². The molecule has 0 saturated heterocycles. The van der Waals surface area contributed by atoms with E-state index in [-0.39, 0.29) is 0 Å². The van der Waals surface area contributed by atoms with Crippen LogP contribution in [0, 0.1) is 0 Å². The Morgan fingerprint density at radius 1 is 1.00 bits per heavy atom. The Labute approximate surface area is 158 Å². The Morgan fingerprint density at radius 3 is 2.63 bits per heavy atom. The van der Waals surface area contributed by atoms with E-state index < -0.39 is 0 Å². The molecule has 2 aromatic heterocycles. The molecule has 6 heteroatoms. The number of hydrogen-bond acceptors (Lipinski definition) is 5. The first-order valence-corrected chi connectivity index (χ1v) is 9.15. The maximum Gasteiger partial charge on any atom is 0.167 e. The zero-order valence-electron chi connectivity index (χ0n) is 15.3. The lowest BCUT2D eigenvalue weighted by Crippen LogP contribution is -2.07. The summed E-state index contributed by atoms with van der Waals surface area (Å²) >= 11 is 0. The molecule has 2 aromatic carbocycles. The predicted octanol–water partition coefficient (Wildman–Crippen LogP) is 4.48. The summed E-state index contributed by atoms with van der Waals surface area (Å²) in [4.78, 5) is 13.1. The molecule has 0 amide bonds. The van der Waals surface area contributed by atoms with Crippen LogP contribution in [0.4, 0.5) is 17.2 Å². The minimum Gasteiger partial charge on any atom is -0.393 e. The molecule has 0 bridgehead atoms. The third-order valence-electron chi connectivity index (χ3n) is 4.58. The number of benzene rings is 2. The third-order valence-corrected chi connectivity index (χ3v) is 4.58. The van der Waals surface area contributed by atoms with Gasteiger partial charge in [0.2, 0.25) is 0 Å². The Kier molecular flexibility index (Phi) is 4.70. The van der Waals surface area contributed by atoms with E-state index in [9.17, 15) is 0 Å². The standard InChI is InChI=1S/C21H22N6/c1-2-3-6-15-9-11-16(12-10-15)26-20-19(22)21(24-13-23-20)27-14-25-17-7-4-5-8-18(17)27/h4-5,7-14H,2-3,6,22H2,1H3,(H,23,24,26). The first kappa shape index (κ1) is 17.0. The zero-order chi connectivity index (χ0) is 18.6. The smallest absolute Gasteiger partial charge is 0.167 e. The molecule has 0 aliphatic carbocycles. The topological polar surface area (TPSA) is 81.7 Å². The van der Waals surface area contributed by atoms with Gasteiger partial charge in [0, 0.05) is 5.69 Å². The molecular weight excluding hydrogens is 336 g/mol. The summed E-state index contributed by atoms with van der Waals surface area (Å²) in [7, 11) is 0. The average molecular weight is 358 g/mol. The largest absolute Gasteiger partial charge is 0.393 e. The molecule has 4 aromatic rings. The van der Waals surface area contributed by atoms with Gasteiger partial charge in [0.05, 0.1) is 11.0 Å². The second-order valence-electron chi connectivity index (χ2n) is 6.49. The highest BCUT2D eigenvalue weighted by atomic mass is 15.2. The van der Waals surface area contributed by atoms with Crippen LogP contribution in [0.5, 0.6) is 0 Å². The molecule has 0 spiro atoms. The number of nitrogen functional groups attached to an aromatic ring is 1. The SMILES string of the molecule is CCCCc1ccc(Nc2ncnc(-n3cnc4ccccc43)c2N)cc1. The maximum atomic E-state index is 6.37. The van der Waals surface area contributed by atoms with Crippen LogP contribution >= 0.6 is 0 Å². The number of unbranched alkanes of at least 4 members (excludes halogenated alkanes) is 1. The van der Waals surface area contributed by atoms with Crippen molar-refractivity contribution in [1.82, 2.24) is 19.5 Å². The third kappa shape index (κ3) is 3.46. The molecule has 0 aliphatic heterocycles. The minimum atomic E-state index is 0.482. The van der Waals surface area contributed by atoms with E-state index in [0.29, 0.717) is 17.3 Å². The van der Waals surface area contributed by atoms with Crippen molar-refractivity contribution >= 4 is 28.2 Å². The molecule has 4 rings (SSSR count). The normalized spacial score (nSPS) is 11.0. The maximum absolute atomic E-state index is 6.37. The number of anilines is 3. The van der Waals surface area contributed by atoms with Crippen molar-refractivity contribution in [3.05, 3.63) is 66.7 Å². The fourth-order valence-electron chi connectivity index (χ4n) is 3.08. The molecule has 2 heterocycles. The first-order chi connectivity index (χ1) is 13.3. The van der Waals surface area contributed by atoms with Crippen LogP contribution in [0.2, 0.25) is 0 Å². The second-order valence-corrected chi connectivity index (χ2v) is 6.49. The Morgan fingerprint density at radius 2 is 1.81 bits per heavy atom. The summed E-state index contributed by atoms with van der Waals surface area (Å²) in [5, 5.41) is 3.30. The number of imidazole rings is 1. The number of aromatic nitrogens is 4. The molecule has 0 radical (unpaired) electrons. The van der Waals surface area contributed by atoms with Gasteiger partial charge in [-0.1, -0.05) is 37.6 Å². The van der Waals surface area contributed by atoms with Crippen molar-refractivity contribution in [2.75, 3.05) is 11.1 Å². The first-order valence-electron chi connectivity index (χ1n) is 9.15. The van der Waals surface area contributed by atoms with Gasteiger partial charge in [-0.2, -0.15) is 0 Å². The number of nitrogens with two attached hydrogens (primary N) is 1. The number of aryl methyl sites for hydroxylation is 1. The van der Waals surface area contributed by atoms with Crippen LogP contribution in [0.3, 0.4) is 0 Å². The van der Waals surface area contributed by atoms with Crippen LogP contribution in [0.25, 0.3) is 16.9 Å². The lowest BCUT2D eigenvalue weighted by atomic mass is 10.1. The molecule has 136 valence electrons. The van der Waals surface area contributed by atoms with Crippen molar-refractivity contribution in [2.45, 2.75) is 26.2 Å². The molecule has 0 unspecified atom stereocenters. The molecule has 0 atom stereocenters. The summed E-state index contributed by atoms with van der Waals surface area (Å²) < 4.78 is 1.88. The Hall–Kier alpha value is -3.41. The Bertz CT molecular complexity index is 1050. The van der Waals surface area contributed by atoms with E-state index in [1.54, 1.807) is 6.33 Å². The van der Waals surface area contributed by atoms with E-state index in [1.165, 1.54) is 24.7 Å². The van der Waals surface area contributed by atoms with Crippen molar-refractivity contribution in [2.24, 2.45) is 0 Å². The van der Waals surface area contributed by atoms with Gasteiger partial charge in [0.1, 0.15) is 18.3 Å². The van der Waals surface area contributed by atoms with Gasteiger partial charge in [-0.25, -0.2) is 15.0 Å². The van der Waals surface area contributed by atoms with E-state index in [2.05, 4.69) is 51.5 Å². The summed E-state index contributed by atoms with van der Waals surface area (Å²) in [5.41, 5.74) is 11.0. The quantitative estimate of drug-likeness (QED) is 0.531. The summed E-state index contributed by atoms with van der Waals surface area (Å²) in [6.45, 7) is 2.20. The fraction of sp³-hybridized carbons (Fsp3) is 0.190. The average Bonchev–Trinajstić information content (AvgIpc) is 3.13. The molecule has 27 heavy (non-hydrogen) atoms. The van der Waals surface area contributed by atoms with E-state index in [4.69, 9.17) is 5.73 Å². The molecule has 6 nitrogen and oxygen atoms in total. The van der Waals surface area contributed by atoms with Crippen LogP contribution in [0.15, 0.2) is 61.2 Å². The van der Waals surface area contributed by atoms with Crippen LogP contribution in [0.1, 0.15) is 25.3 Å². The van der Waals surface area contributed by atoms with Crippen molar-refractivity contribution in [1.29, 1.82) is 0 Å². The number of rotatable bonds is 6. The fourth-order valence-corrected chi connectivity index (χ4v) is 3.08. The number of hydrogen-bond donors (Lipinski definition) is 2. The van der Waals surface area contributed by atoms with Gasteiger partial charge in [-0.05, 0) is 42.7 Å². The summed E-state index contributed by atoms with van der Waals surface area (Å²) in [6.07, 6.45) is 6.75. The highest BCUT2D eigenvalue weighted by molar-refractivity contribution is 5.81. The minimum absolute atomic E-state index is 0.482. The van der Waals surface area contributed by atoms with Gasteiger partial charge >= 0.3 is 0 Å². The molecular formula is C21H22N6. The molecule has 0 fully saturated rings. The highest BCUT2D eigenvalue weighted by Crippen LogP contribution is 2.27. The van der Waals surface area contributed by atoms with Crippen molar-refractivity contribution < 1.29 is 0 Å². The van der Waals surface area contributed by atoms with E-state index in [0.717, 1.165) is 23.1 Å². The molecule has 3 N–H and O–H groups in total. The van der Waals surface area contributed by atoms with Crippen LogP contribution < -0.4 is 11.1 Å². The summed E-state index contributed by atoms with van der Waals surface area (Å²) in [6, 6.07) is 16.3. The predicted molar refractivity (Wildman–Crippen MR) is 109 cm³/mol. The van der Waals surface area contributed by atoms with E-state index >= 15 is 0 Å². The summed E-state index contributed by atoms with van der Waals surface area (Å²) in [5.74, 6) is 1.19. The van der Waals surface area contributed by atoms with Gasteiger partial charge in [-0.15, -0.1) is 0 Å². The second kappa shape index (κ2) is 7.45. The van der Waals surface area contributed by atoms with Crippen molar-refractivity contribution in [3.63, 3.8) is 0 Å². The molecule has 0 saturated carbocycles. The van der Waals surface area contributed by atoms with E-state index in [1.807, 2.05) is 28.8 Å². The number of para-hydroxylation sites is 2. The number of nitrogens with one attached hydrogen (secondary N) is 1. The number of nitrogens with zero attached hydrogens (tertiary/aromatic N) is 4. The van der Waals surface area contributed by atoms with Crippen molar-refractivity contribution in [3.8, 4) is 5.82 Å². The monoisotopic (exact) mass is 358 g/mol. The Balaban J connectivity index is 1.62.